The summed E-state index contributed by atoms with van der Waals surface area (Å²) in [4.78, 5) is 12.2. The van der Waals surface area contributed by atoms with Gasteiger partial charge in [0.05, 0.1) is 0 Å². The van der Waals surface area contributed by atoms with Crippen LogP contribution in [0.4, 0.5) is 4.79 Å². The summed E-state index contributed by atoms with van der Waals surface area (Å²) in [5, 5.41) is 7.38. The van der Waals surface area contributed by atoms with Gasteiger partial charge in [-0.3, -0.25) is 0 Å². The third kappa shape index (κ3) is 10.8. The zero-order valence-corrected chi connectivity index (χ0v) is 3.05. The minimum Gasteiger partial charge on any atom is -0.448 e. The second-order valence-electron chi connectivity index (χ2n) is 0.384. The van der Waals surface area contributed by atoms with Crippen molar-refractivity contribution in [3.8, 4) is 0 Å². The Morgan fingerprint density at radius 1 is 1.83 bits per heavy atom. The van der Waals surface area contributed by atoms with E-state index in [0.29, 0.717) is 0 Å². The van der Waals surface area contributed by atoms with E-state index in [-0.39, 0.29) is 6.15 Å². The van der Waals surface area contributed by atoms with Crippen LogP contribution >= 0.6 is 0 Å². The summed E-state index contributed by atoms with van der Waals surface area (Å²) < 4.78 is 0. The molecule has 0 bridgehead atoms. The minimum absolute atomic E-state index is 0. The fourth-order valence-corrected chi connectivity index (χ4v) is 0. The molecule has 0 atom stereocenters. The van der Waals surface area contributed by atoms with E-state index < -0.39 is 6.16 Å². The Balaban J connectivity index is 0. The van der Waals surface area contributed by atoms with Crippen molar-refractivity contribution in [1.82, 2.24) is 6.15 Å². The lowest BCUT2D eigenvalue weighted by molar-refractivity contribution is 0.0921. The first-order valence-electron chi connectivity index (χ1n) is 0.868. The average Bonchev–Trinajstić information content (AvgIpc) is 1.38. The van der Waals surface area contributed by atoms with Gasteiger partial charge < -0.3 is 16.1 Å². The smallest absolute Gasteiger partial charge is 0.448 e. The molecular weight excluding hydrogens is 88.0 g/mol. The molecule has 5 heteroatoms. The highest BCUT2D eigenvalue weighted by Crippen LogP contribution is 1.55. The van der Waals surface area contributed by atoms with Gasteiger partial charge in [0, 0.05) is 0 Å². The van der Waals surface area contributed by atoms with Gasteiger partial charge >= 0.3 is 6.16 Å². The van der Waals surface area contributed by atoms with E-state index in [1.807, 2.05) is 0 Å². The van der Waals surface area contributed by atoms with Crippen LogP contribution in [0.5, 0.6) is 0 Å². The second-order valence-corrected chi connectivity index (χ2v) is 0.384. The number of hydrogen-bond donors (Lipinski definition) is 3. The van der Waals surface area contributed by atoms with Crippen LogP contribution in [0.25, 0.3) is 0 Å². The quantitative estimate of drug-likeness (QED) is 0.357. The molecule has 6 heavy (non-hydrogen) atoms. The molecule has 0 amide bonds. The Hall–Kier alpha value is -0.810. The van der Waals surface area contributed by atoms with E-state index in [2.05, 4.69) is 10.7 Å². The maximum absolute atomic E-state index is 9.02. The molecular formula is CH6N2O3. The fourth-order valence-electron chi connectivity index (χ4n) is 0. The van der Waals surface area contributed by atoms with Gasteiger partial charge in [-0.2, -0.15) is 5.90 Å². The van der Waals surface area contributed by atoms with Gasteiger partial charge in [-0.15, -0.1) is 0 Å². The first-order chi connectivity index (χ1) is 2.27. The maximum Gasteiger partial charge on any atom is 0.524 e. The first-order valence-corrected chi connectivity index (χ1v) is 0.868. The van der Waals surface area contributed by atoms with Gasteiger partial charge in [-0.05, 0) is 0 Å². The summed E-state index contributed by atoms with van der Waals surface area (Å²) in [6.07, 6.45) is -1.47. The average molecular weight is 94.1 g/mol. The molecule has 0 aromatic heterocycles. The SMILES string of the molecule is N.NOC(=O)O. The fraction of sp³-hybridized carbons (Fsp3) is 0. The summed E-state index contributed by atoms with van der Waals surface area (Å²) in [6, 6.07) is 0. The van der Waals surface area contributed by atoms with Crippen molar-refractivity contribution >= 4 is 6.16 Å². The number of carboxylic acid groups (broad SMARTS) is 1. The van der Waals surface area contributed by atoms with Gasteiger partial charge in [0.1, 0.15) is 0 Å². The highest BCUT2D eigenvalue weighted by atomic mass is 16.7. The predicted octanol–water partition coefficient (Wildman–Crippen LogP) is -0.283. The van der Waals surface area contributed by atoms with Crippen molar-refractivity contribution in [2.24, 2.45) is 5.90 Å². The van der Waals surface area contributed by atoms with Crippen LogP contribution in [-0.2, 0) is 4.84 Å². The molecule has 5 nitrogen and oxygen atoms in total. The van der Waals surface area contributed by atoms with Gasteiger partial charge in [-0.25, -0.2) is 4.79 Å². The molecule has 0 aromatic carbocycles. The Morgan fingerprint density at radius 3 is 2.00 bits per heavy atom. The number of carbonyl (C=O) groups is 1. The van der Waals surface area contributed by atoms with Crippen molar-refractivity contribution in [3.05, 3.63) is 0 Å². The molecule has 0 aliphatic carbocycles. The van der Waals surface area contributed by atoms with Crippen LogP contribution in [0.2, 0.25) is 0 Å². The third-order valence-electron chi connectivity index (χ3n) is 0.101. The molecule has 0 radical (unpaired) electrons. The largest absolute Gasteiger partial charge is 0.524 e. The summed E-state index contributed by atoms with van der Waals surface area (Å²) in [5.41, 5.74) is 0. The standard InChI is InChI=1S/CH3NO3.H3N/c2-5-1(3)4;/h2H2,(H,3,4);1H3. The molecule has 0 saturated heterocycles. The molecule has 6 N–H and O–H groups in total. The van der Waals surface area contributed by atoms with Gasteiger partial charge in [0.2, 0.25) is 0 Å². The normalized spacial score (nSPS) is 5.50. The first kappa shape index (κ1) is 8.95. The topological polar surface area (TPSA) is 108 Å². The zero-order chi connectivity index (χ0) is 4.28. The van der Waals surface area contributed by atoms with E-state index in [9.17, 15) is 0 Å². The lowest BCUT2D eigenvalue weighted by atomic mass is 11.4. The lowest BCUT2D eigenvalue weighted by Crippen LogP contribution is -2.04. The molecule has 0 aromatic rings. The molecule has 0 saturated carbocycles. The molecule has 0 unspecified atom stereocenters. The number of hydrogen-bond acceptors (Lipinski definition) is 4. The van der Waals surface area contributed by atoms with Crippen molar-refractivity contribution < 1.29 is 14.7 Å². The molecule has 0 aliphatic rings. The number of nitrogens with two attached hydrogens (primary N) is 1. The Kier molecular flexibility index (Phi) is 6.25. The Labute approximate surface area is 34.2 Å². The van der Waals surface area contributed by atoms with E-state index >= 15 is 0 Å². The van der Waals surface area contributed by atoms with Crippen LogP contribution in [-0.4, -0.2) is 11.3 Å². The van der Waals surface area contributed by atoms with E-state index in [1.165, 1.54) is 0 Å². The third-order valence-corrected chi connectivity index (χ3v) is 0.101. The van der Waals surface area contributed by atoms with Gasteiger partial charge in [-0.1, -0.05) is 0 Å². The maximum atomic E-state index is 9.02. The monoisotopic (exact) mass is 94.0 g/mol. The van der Waals surface area contributed by atoms with Crippen LogP contribution in [0, 0.1) is 0 Å². The lowest BCUT2D eigenvalue weighted by Gasteiger charge is -1.77. The van der Waals surface area contributed by atoms with Gasteiger partial charge in [0.15, 0.2) is 0 Å². The number of rotatable bonds is 0. The second kappa shape index (κ2) is 4.19. The minimum atomic E-state index is -1.47. The van der Waals surface area contributed by atoms with Crippen LogP contribution in [0.15, 0.2) is 0 Å². The Bertz CT molecular complexity index is 44.1. The van der Waals surface area contributed by atoms with Gasteiger partial charge in [0.25, 0.3) is 0 Å². The summed E-state index contributed by atoms with van der Waals surface area (Å²) in [6.45, 7) is 0. The summed E-state index contributed by atoms with van der Waals surface area (Å²) >= 11 is 0. The highest BCUT2D eigenvalue weighted by molar-refractivity contribution is 5.56. The summed E-state index contributed by atoms with van der Waals surface area (Å²) in [7, 11) is 0. The molecule has 0 rings (SSSR count). The molecule has 0 heterocycles. The Morgan fingerprint density at radius 2 is 2.00 bits per heavy atom. The molecule has 0 fully saturated rings. The molecule has 0 spiro atoms. The van der Waals surface area contributed by atoms with Crippen LogP contribution in [0.1, 0.15) is 0 Å². The van der Waals surface area contributed by atoms with Crippen molar-refractivity contribution in [3.63, 3.8) is 0 Å². The van der Waals surface area contributed by atoms with Crippen LogP contribution < -0.4 is 12.0 Å². The predicted molar refractivity (Wildman–Crippen MR) is 18.3 cm³/mol. The highest BCUT2D eigenvalue weighted by Gasteiger charge is 1.82. The summed E-state index contributed by atoms with van der Waals surface area (Å²) in [5.74, 6) is 4.07. The van der Waals surface area contributed by atoms with E-state index in [0.717, 1.165) is 0 Å². The zero-order valence-electron chi connectivity index (χ0n) is 3.05. The van der Waals surface area contributed by atoms with E-state index in [4.69, 9.17) is 9.90 Å². The molecule has 0 aliphatic heterocycles. The van der Waals surface area contributed by atoms with E-state index in [1.54, 1.807) is 0 Å². The van der Waals surface area contributed by atoms with Crippen molar-refractivity contribution in [2.75, 3.05) is 0 Å². The van der Waals surface area contributed by atoms with Crippen molar-refractivity contribution in [1.29, 1.82) is 0 Å². The van der Waals surface area contributed by atoms with Crippen LogP contribution in [0.3, 0.4) is 0 Å². The molecule has 38 valence electrons. The van der Waals surface area contributed by atoms with Crippen molar-refractivity contribution in [2.45, 2.75) is 0 Å².